The Hall–Kier alpha value is -10.1. The van der Waals surface area contributed by atoms with E-state index in [2.05, 4.69) is 179 Å². The highest BCUT2D eigenvalue weighted by Gasteiger charge is 2.21. The van der Waals surface area contributed by atoms with Crippen molar-refractivity contribution < 1.29 is 0 Å². The zero-order valence-corrected chi connectivity index (χ0v) is 38.8. The van der Waals surface area contributed by atoms with Crippen molar-refractivity contribution in [1.29, 1.82) is 10.5 Å². The summed E-state index contributed by atoms with van der Waals surface area (Å²) in [6, 6.07) is 88.6. The van der Waals surface area contributed by atoms with E-state index in [1.165, 1.54) is 0 Å². The number of nitriles is 2. The van der Waals surface area contributed by atoms with E-state index in [0.717, 1.165) is 116 Å². The summed E-state index contributed by atoms with van der Waals surface area (Å²) in [7, 11) is 0. The van der Waals surface area contributed by atoms with E-state index in [-0.39, 0.29) is 0 Å². The molecular formula is C66H40N6. The van der Waals surface area contributed by atoms with Gasteiger partial charge in [-0.1, -0.05) is 164 Å². The predicted octanol–water partition coefficient (Wildman–Crippen LogP) is 16.4. The molecule has 0 amide bonds. The van der Waals surface area contributed by atoms with Crippen LogP contribution < -0.4 is 0 Å². The fourth-order valence-electron chi connectivity index (χ4n) is 10.5. The van der Waals surface area contributed by atoms with Crippen LogP contribution in [-0.4, -0.2) is 19.1 Å². The van der Waals surface area contributed by atoms with Gasteiger partial charge in [-0.2, -0.15) is 10.5 Å². The number of benzene rings is 10. The number of hydrogen-bond donors (Lipinski definition) is 0. The Balaban J connectivity index is 1.05. The third-order valence-electron chi connectivity index (χ3n) is 13.8. The number of nitrogens with zero attached hydrogens (tertiary/aromatic N) is 6. The average molecular weight is 917 g/mol. The standard InChI is InChI=1S/C66H40N6/c67-41-49-20-7-9-24-52(49)46-30-33-64-57(37-46)54-26-11-13-28-61(54)71(64)51-23-15-22-45(36-51)56-39-48(60-40-59(43-16-3-1-4-17-43)69-66(70-60)44-18-5-2-6-19-44)32-35-63(56)72-62-29-14-12-27-55(62)58-38-47(31-34-65(58)72)53-25-10-8-21-50(53)42-68/h1-40H. The van der Waals surface area contributed by atoms with Crippen LogP contribution in [0.4, 0.5) is 0 Å². The zero-order chi connectivity index (χ0) is 48.1. The van der Waals surface area contributed by atoms with Gasteiger partial charge >= 0.3 is 0 Å². The minimum absolute atomic E-state index is 0.641. The van der Waals surface area contributed by atoms with E-state index in [0.29, 0.717) is 17.0 Å². The van der Waals surface area contributed by atoms with Gasteiger partial charge in [-0.3, -0.25) is 0 Å². The van der Waals surface area contributed by atoms with E-state index in [9.17, 15) is 10.5 Å². The number of hydrogen-bond acceptors (Lipinski definition) is 4. The van der Waals surface area contributed by atoms with Crippen LogP contribution >= 0.6 is 0 Å². The van der Waals surface area contributed by atoms with Crippen molar-refractivity contribution in [3.63, 3.8) is 0 Å². The maximum atomic E-state index is 10.1. The SMILES string of the molecule is N#Cc1ccccc1-c1ccc2c(c1)c1ccccc1n2-c1cccc(-c2cc(-c3cc(-c4ccccc4)nc(-c4ccccc4)n3)ccc2-n2c3ccccc3c3cc(-c4ccccc4C#N)ccc32)c1. The molecule has 0 aliphatic heterocycles. The quantitative estimate of drug-likeness (QED) is 0.152. The van der Waals surface area contributed by atoms with E-state index in [1.54, 1.807) is 0 Å². The fourth-order valence-corrected chi connectivity index (χ4v) is 10.5. The maximum absolute atomic E-state index is 10.1. The van der Waals surface area contributed by atoms with Gasteiger partial charge < -0.3 is 9.13 Å². The second kappa shape index (κ2) is 17.4. The van der Waals surface area contributed by atoms with Gasteiger partial charge in [0.05, 0.1) is 62.4 Å². The smallest absolute Gasteiger partial charge is 0.160 e. The summed E-state index contributed by atoms with van der Waals surface area (Å²) in [6.45, 7) is 0. The molecule has 0 bridgehead atoms. The summed E-state index contributed by atoms with van der Waals surface area (Å²) >= 11 is 0. The Kier molecular flexibility index (Phi) is 10.2. The zero-order valence-electron chi connectivity index (χ0n) is 38.8. The molecule has 0 N–H and O–H groups in total. The molecular weight excluding hydrogens is 877 g/mol. The van der Waals surface area contributed by atoms with Gasteiger partial charge in [-0.25, -0.2) is 9.97 Å². The van der Waals surface area contributed by atoms with Crippen molar-refractivity contribution in [2.24, 2.45) is 0 Å². The summed E-state index contributed by atoms with van der Waals surface area (Å²) in [5, 5.41) is 24.6. The Labute approximate surface area is 415 Å². The third kappa shape index (κ3) is 7.10. The Bertz CT molecular complexity index is 4300. The van der Waals surface area contributed by atoms with Crippen LogP contribution in [0.2, 0.25) is 0 Å². The van der Waals surface area contributed by atoms with Gasteiger partial charge in [0.2, 0.25) is 0 Å². The normalized spacial score (nSPS) is 11.3. The van der Waals surface area contributed by atoms with Crippen LogP contribution in [0.15, 0.2) is 243 Å². The van der Waals surface area contributed by atoms with Gasteiger partial charge in [0, 0.05) is 49.5 Å². The molecule has 10 aromatic carbocycles. The average Bonchev–Trinajstić information content (AvgIpc) is 3.97. The third-order valence-corrected chi connectivity index (χ3v) is 13.8. The first-order valence-corrected chi connectivity index (χ1v) is 23.9. The van der Waals surface area contributed by atoms with Crippen LogP contribution in [0.1, 0.15) is 11.1 Å². The van der Waals surface area contributed by atoms with Gasteiger partial charge in [0.1, 0.15) is 0 Å². The first-order chi connectivity index (χ1) is 35.6. The van der Waals surface area contributed by atoms with Crippen LogP contribution in [-0.2, 0) is 0 Å². The van der Waals surface area contributed by atoms with Gasteiger partial charge in [0.25, 0.3) is 0 Å². The molecule has 0 atom stereocenters. The van der Waals surface area contributed by atoms with Crippen LogP contribution in [0.5, 0.6) is 0 Å². The van der Waals surface area contributed by atoms with Crippen molar-refractivity contribution in [3.8, 4) is 90.8 Å². The van der Waals surface area contributed by atoms with E-state index < -0.39 is 0 Å². The van der Waals surface area contributed by atoms with Crippen LogP contribution in [0, 0.1) is 22.7 Å². The number of para-hydroxylation sites is 2. The summed E-state index contributed by atoms with van der Waals surface area (Å²) in [5.41, 5.74) is 18.0. The van der Waals surface area contributed by atoms with Crippen molar-refractivity contribution in [2.75, 3.05) is 0 Å². The lowest BCUT2D eigenvalue weighted by molar-refractivity contribution is 1.16. The summed E-state index contributed by atoms with van der Waals surface area (Å²) in [4.78, 5) is 10.4. The predicted molar refractivity (Wildman–Crippen MR) is 293 cm³/mol. The Morgan fingerprint density at radius 2 is 0.778 bits per heavy atom. The monoisotopic (exact) mass is 916 g/mol. The highest BCUT2D eigenvalue weighted by atomic mass is 15.0. The molecule has 0 aliphatic carbocycles. The number of aromatic nitrogens is 4. The fraction of sp³-hybridized carbons (Fsp3) is 0. The van der Waals surface area contributed by atoms with Crippen molar-refractivity contribution in [2.45, 2.75) is 0 Å². The van der Waals surface area contributed by atoms with Gasteiger partial charge in [-0.05, 0) is 107 Å². The Morgan fingerprint density at radius 1 is 0.306 bits per heavy atom. The molecule has 3 aromatic heterocycles. The molecule has 0 fully saturated rings. The highest BCUT2D eigenvalue weighted by Crippen LogP contribution is 2.42. The highest BCUT2D eigenvalue weighted by molar-refractivity contribution is 6.12. The topological polar surface area (TPSA) is 83.2 Å². The lowest BCUT2D eigenvalue weighted by Gasteiger charge is -2.18. The summed E-state index contributed by atoms with van der Waals surface area (Å²) in [5.74, 6) is 0.654. The Morgan fingerprint density at radius 3 is 1.40 bits per heavy atom. The molecule has 13 aromatic rings. The molecule has 6 heteroatoms. The first kappa shape index (κ1) is 42.0. The van der Waals surface area contributed by atoms with Crippen LogP contribution in [0.3, 0.4) is 0 Å². The van der Waals surface area contributed by atoms with E-state index >= 15 is 0 Å². The van der Waals surface area contributed by atoms with E-state index in [4.69, 9.17) is 9.97 Å². The molecule has 0 aliphatic rings. The molecule has 0 radical (unpaired) electrons. The van der Waals surface area contributed by atoms with Crippen molar-refractivity contribution in [3.05, 3.63) is 254 Å². The molecule has 0 saturated carbocycles. The summed E-state index contributed by atoms with van der Waals surface area (Å²) < 4.78 is 4.73. The van der Waals surface area contributed by atoms with Gasteiger partial charge in [0.15, 0.2) is 5.82 Å². The molecule has 72 heavy (non-hydrogen) atoms. The van der Waals surface area contributed by atoms with Gasteiger partial charge in [-0.15, -0.1) is 0 Å². The summed E-state index contributed by atoms with van der Waals surface area (Å²) in [6.07, 6.45) is 0. The lowest BCUT2D eigenvalue weighted by atomic mass is 9.97. The molecule has 0 spiro atoms. The molecule has 334 valence electrons. The largest absolute Gasteiger partial charge is 0.309 e. The lowest BCUT2D eigenvalue weighted by Crippen LogP contribution is -2.00. The van der Waals surface area contributed by atoms with Crippen LogP contribution in [0.25, 0.3) is 122 Å². The molecule has 6 nitrogen and oxygen atoms in total. The minimum atomic E-state index is 0.641. The minimum Gasteiger partial charge on any atom is -0.309 e. The van der Waals surface area contributed by atoms with Crippen molar-refractivity contribution in [1.82, 2.24) is 19.1 Å². The maximum Gasteiger partial charge on any atom is 0.160 e. The first-order valence-electron chi connectivity index (χ1n) is 23.9. The molecule has 3 heterocycles. The second-order valence-corrected chi connectivity index (χ2v) is 18.0. The second-order valence-electron chi connectivity index (χ2n) is 18.0. The molecule has 13 rings (SSSR count). The number of rotatable bonds is 8. The number of fused-ring (bicyclic) bond motifs is 6. The van der Waals surface area contributed by atoms with Crippen molar-refractivity contribution >= 4 is 43.6 Å². The molecule has 0 saturated heterocycles. The van der Waals surface area contributed by atoms with E-state index in [1.807, 2.05) is 84.9 Å². The molecule has 0 unspecified atom stereocenters.